The maximum Gasteiger partial charge on any atom is 0.162 e. The maximum atomic E-state index is 9.49. The highest BCUT2D eigenvalue weighted by atomic mass is 16.6. The zero-order valence-corrected chi connectivity index (χ0v) is 7.72. The summed E-state index contributed by atoms with van der Waals surface area (Å²) in [5.41, 5.74) is 0. The molecule has 1 aromatic carbocycles. The van der Waals surface area contributed by atoms with Crippen molar-refractivity contribution in [1.29, 1.82) is 0 Å². The molecule has 3 nitrogen and oxygen atoms in total. The normalized spacial score (nSPS) is 21.4. The van der Waals surface area contributed by atoms with Gasteiger partial charge in [0.15, 0.2) is 17.6 Å². The van der Waals surface area contributed by atoms with Crippen molar-refractivity contribution < 1.29 is 14.6 Å². The zero-order valence-electron chi connectivity index (χ0n) is 7.72. The van der Waals surface area contributed by atoms with Crippen molar-refractivity contribution in [1.82, 2.24) is 0 Å². The van der Waals surface area contributed by atoms with E-state index in [0.29, 0.717) is 12.4 Å². The molecule has 0 bridgehead atoms. The largest absolute Gasteiger partial charge is 0.486 e. The van der Waals surface area contributed by atoms with Gasteiger partial charge in [0, 0.05) is 0 Å². The van der Waals surface area contributed by atoms with Crippen LogP contribution in [0.5, 0.6) is 11.5 Å². The average molecular weight is 192 g/mol. The molecule has 2 unspecified atom stereocenters. The number of ether oxygens (including phenoxy) is 2. The Morgan fingerprint density at radius 2 is 2.14 bits per heavy atom. The van der Waals surface area contributed by atoms with E-state index in [1.54, 1.807) is 0 Å². The molecule has 1 aliphatic rings. The van der Waals surface area contributed by atoms with E-state index in [1.807, 2.05) is 24.3 Å². The Bertz CT molecular complexity index is 335. The summed E-state index contributed by atoms with van der Waals surface area (Å²) in [5, 5.41) is 9.49. The minimum absolute atomic E-state index is 0.351. The molecule has 74 valence electrons. The van der Waals surface area contributed by atoms with E-state index in [0.717, 1.165) is 5.75 Å². The Morgan fingerprint density at radius 1 is 1.43 bits per heavy atom. The van der Waals surface area contributed by atoms with Gasteiger partial charge in [0.1, 0.15) is 12.7 Å². The average Bonchev–Trinajstić information content (AvgIpc) is 2.27. The lowest BCUT2D eigenvalue weighted by Crippen LogP contribution is -2.38. The van der Waals surface area contributed by atoms with Gasteiger partial charge in [0.25, 0.3) is 0 Å². The van der Waals surface area contributed by atoms with Crippen LogP contribution in [0.4, 0.5) is 0 Å². The standard InChI is InChI=1S/C11H12O3/c1-2-8(12)11-7-13-9-5-3-4-6-10(9)14-11/h2-6,8,11-12H,1,7H2. The molecule has 3 heteroatoms. The highest BCUT2D eigenvalue weighted by Crippen LogP contribution is 2.31. The maximum absolute atomic E-state index is 9.49. The van der Waals surface area contributed by atoms with Crippen LogP contribution >= 0.6 is 0 Å². The van der Waals surface area contributed by atoms with E-state index in [4.69, 9.17) is 9.47 Å². The van der Waals surface area contributed by atoms with Gasteiger partial charge >= 0.3 is 0 Å². The van der Waals surface area contributed by atoms with Crippen molar-refractivity contribution >= 4 is 0 Å². The van der Waals surface area contributed by atoms with Crippen molar-refractivity contribution in [2.75, 3.05) is 6.61 Å². The topological polar surface area (TPSA) is 38.7 Å². The summed E-state index contributed by atoms with van der Waals surface area (Å²) in [7, 11) is 0. The lowest BCUT2D eigenvalue weighted by molar-refractivity contribution is 0.0125. The Balaban J connectivity index is 2.17. The lowest BCUT2D eigenvalue weighted by Gasteiger charge is -2.28. The second-order valence-electron chi connectivity index (χ2n) is 3.14. The Labute approximate surface area is 82.6 Å². The first-order valence-electron chi connectivity index (χ1n) is 4.50. The van der Waals surface area contributed by atoms with Gasteiger partial charge in [-0.3, -0.25) is 0 Å². The number of fused-ring (bicyclic) bond motifs is 1. The van der Waals surface area contributed by atoms with Crippen molar-refractivity contribution in [3.8, 4) is 11.5 Å². The first kappa shape index (κ1) is 9.09. The van der Waals surface area contributed by atoms with Gasteiger partial charge in [-0.15, -0.1) is 6.58 Å². The van der Waals surface area contributed by atoms with Crippen molar-refractivity contribution in [3.05, 3.63) is 36.9 Å². The summed E-state index contributed by atoms with van der Waals surface area (Å²) >= 11 is 0. The minimum atomic E-state index is -0.691. The summed E-state index contributed by atoms with van der Waals surface area (Å²) in [6.07, 6.45) is 0.396. The quantitative estimate of drug-likeness (QED) is 0.719. The second kappa shape index (κ2) is 3.72. The first-order valence-corrected chi connectivity index (χ1v) is 4.50. The molecule has 0 saturated carbocycles. The highest BCUT2D eigenvalue weighted by molar-refractivity contribution is 5.40. The van der Waals surface area contributed by atoms with Gasteiger partial charge in [-0.25, -0.2) is 0 Å². The van der Waals surface area contributed by atoms with Crippen LogP contribution in [-0.4, -0.2) is 23.9 Å². The number of rotatable bonds is 2. The Morgan fingerprint density at radius 3 is 2.86 bits per heavy atom. The summed E-state index contributed by atoms with van der Waals surface area (Å²) < 4.78 is 11.0. The monoisotopic (exact) mass is 192 g/mol. The number of hydrogen-bond acceptors (Lipinski definition) is 3. The first-order chi connectivity index (χ1) is 6.81. The van der Waals surface area contributed by atoms with Crippen LogP contribution < -0.4 is 9.47 Å². The van der Waals surface area contributed by atoms with E-state index < -0.39 is 6.10 Å². The van der Waals surface area contributed by atoms with E-state index in [9.17, 15) is 5.11 Å². The van der Waals surface area contributed by atoms with E-state index >= 15 is 0 Å². The summed E-state index contributed by atoms with van der Waals surface area (Å²) in [4.78, 5) is 0. The molecule has 14 heavy (non-hydrogen) atoms. The Kier molecular flexibility index (Phi) is 2.41. The van der Waals surface area contributed by atoms with E-state index in [1.165, 1.54) is 6.08 Å². The molecule has 0 fully saturated rings. The third kappa shape index (κ3) is 1.59. The molecular weight excluding hydrogens is 180 g/mol. The molecule has 0 aromatic heterocycles. The number of aliphatic hydroxyl groups is 1. The lowest BCUT2D eigenvalue weighted by atomic mass is 10.2. The second-order valence-corrected chi connectivity index (χ2v) is 3.14. The highest BCUT2D eigenvalue weighted by Gasteiger charge is 2.25. The van der Waals surface area contributed by atoms with Crippen LogP contribution in [0.2, 0.25) is 0 Å². The molecule has 1 N–H and O–H groups in total. The SMILES string of the molecule is C=CC(O)C1COc2ccccc2O1. The molecule has 0 radical (unpaired) electrons. The van der Waals surface area contributed by atoms with Crippen LogP contribution in [0.1, 0.15) is 0 Å². The van der Waals surface area contributed by atoms with Crippen LogP contribution in [0, 0.1) is 0 Å². The zero-order chi connectivity index (χ0) is 9.97. The number of hydrogen-bond donors (Lipinski definition) is 1. The molecule has 0 aliphatic carbocycles. The van der Waals surface area contributed by atoms with Gasteiger partial charge in [0.2, 0.25) is 0 Å². The molecule has 1 aromatic rings. The van der Waals surface area contributed by atoms with Gasteiger partial charge in [-0.05, 0) is 12.1 Å². The van der Waals surface area contributed by atoms with Gasteiger partial charge in [-0.2, -0.15) is 0 Å². The molecule has 0 amide bonds. The molecule has 2 atom stereocenters. The molecule has 0 spiro atoms. The smallest absolute Gasteiger partial charge is 0.162 e. The molecular formula is C11H12O3. The van der Waals surface area contributed by atoms with Crippen LogP contribution in [-0.2, 0) is 0 Å². The third-order valence-corrected chi connectivity index (χ3v) is 2.15. The van der Waals surface area contributed by atoms with Gasteiger partial charge < -0.3 is 14.6 Å². The fourth-order valence-electron chi connectivity index (χ4n) is 1.36. The fraction of sp³-hybridized carbons (Fsp3) is 0.273. The van der Waals surface area contributed by atoms with E-state index in [2.05, 4.69) is 6.58 Å². The van der Waals surface area contributed by atoms with Gasteiger partial charge in [-0.1, -0.05) is 18.2 Å². The van der Waals surface area contributed by atoms with Crippen LogP contribution in [0.3, 0.4) is 0 Å². The fourth-order valence-corrected chi connectivity index (χ4v) is 1.36. The van der Waals surface area contributed by atoms with Gasteiger partial charge in [0.05, 0.1) is 0 Å². The Hall–Kier alpha value is -1.48. The summed E-state index contributed by atoms with van der Waals surface area (Å²) in [6, 6.07) is 7.40. The predicted octanol–water partition coefficient (Wildman–Crippen LogP) is 1.37. The van der Waals surface area contributed by atoms with E-state index in [-0.39, 0.29) is 6.10 Å². The molecule has 0 saturated heterocycles. The van der Waals surface area contributed by atoms with Crippen molar-refractivity contribution in [3.63, 3.8) is 0 Å². The van der Waals surface area contributed by atoms with Crippen molar-refractivity contribution in [2.45, 2.75) is 12.2 Å². The number of aliphatic hydroxyl groups excluding tert-OH is 1. The van der Waals surface area contributed by atoms with Crippen LogP contribution in [0.15, 0.2) is 36.9 Å². The predicted molar refractivity (Wildman–Crippen MR) is 52.6 cm³/mol. The third-order valence-electron chi connectivity index (χ3n) is 2.15. The van der Waals surface area contributed by atoms with Crippen LogP contribution in [0.25, 0.3) is 0 Å². The molecule has 1 aliphatic heterocycles. The van der Waals surface area contributed by atoms with Crippen molar-refractivity contribution in [2.24, 2.45) is 0 Å². The number of benzene rings is 1. The molecule has 2 rings (SSSR count). The summed E-state index contributed by atoms with van der Waals surface area (Å²) in [5.74, 6) is 1.39. The minimum Gasteiger partial charge on any atom is -0.486 e. The molecule has 1 heterocycles. The summed E-state index contributed by atoms with van der Waals surface area (Å²) in [6.45, 7) is 3.86. The number of para-hydroxylation sites is 2.